The molecular weight excluding hydrogens is 228 g/mol. The molecule has 0 fully saturated rings. The van der Waals surface area contributed by atoms with Gasteiger partial charge in [-0.2, -0.15) is 0 Å². The van der Waals surface area contributed by atoms with Crippen molar-refractivity contribution < 1.29 is 9.90 Å². The third kappa shape index (κ3) is 2.47. The Morgan fingerprint density at radius 1 is 1.39 bits per heavy atom. The van der Waals surface area contributed by atoms with Crippen molar-refractivity contribution in [3.8, 4) is 0 Å². The van der Waals surface area contributed by atoms with E-state index in [1.54, 1.807) is 0 Å². The van der Waals surface area contributed by atoms with Gasteiger partial charge in [-0.15, -0.1) is 0 Å². The first-order valence-electron chi connectivity index (χ1n) is 6.06. The summed E-state index contributed by atoms with van der Waals surface area (Å²) in [6.45, 7) is 0.750. The average molecular weight is 246 g/mol. The number of nitrogens with zero attached hydrogens (tertiary/aromatic N) is 2. The minimum atomic E-state index is -0.735. The molecule has 0 aliphatic carbocycles. The van der Waals surface area contributed by atoms with E-state index in [-0.39, 0.29) is 6.42 Å². The van der Waals surface area contributed by atoms with Crippen LogP contribution in [0.15, 0.2) is 30.5 Å². The lowest BCUT2D eigenvalue weighted by molar-refractivity contribution is -0.137. The van der Waals surface area contributed by atoms with Gasteiger partial charge in [0, 0.05) is 44.2 Å². The zero-order valence-electron chi connectivity index (χ0n) is 10.8. The number of carboxylic acid groups (broad SMARTS) is 1. The smallest absolute Gasteiger partial charge is 0.303 e. The van der Waals surface area contributed by atoms with E-state index in [1.165, 1.54) is 10.9 Å². The number of carbonyl (C=O) groups is 1. The molecule has 1 aromatic carbocycles. The van der Waals surface area contributed by atoms with E-state index >= 15 is 0 Å². The number of carboxylic acids is 1. The Kier molecular flexibility index (Phi) is 3.55. The van der Waals surface area contributed by atoms with Gasteiger partial charge in [-0.1, -0.05) is 18.2 Å². The highest BCUT2D eigenvalue weighted by Crippen LogP contribution is 2.27. The highest BCUT2D eigenvalue weighted by molar-refractivity contribution is 5.93. The van der Waals surface area contributed by atoms with Crippen LogP contribution in [0.2, 0.25) is 0 Å². The lowest BCUT2D eigenvalue weighted by Crippen LogP contribution is -2.19. The van der Waals surface area contributed by atoms with Gasteiger partial charge in [0.15, 0.2) is 0 Å². The molecule has 1 heterocycles. The number of aromatic nitrogens is 1. The van der Waals surface area contributed by atoms with Gasteiger partial charge in [-0.3, -0.25) is 4.79 Å². The van der Waals surface area contributed by atoms with Crippen LogP contribution >= 0.6 is 0 Å². The zero-order chi connectivity index (χ0) is 13.1. The number of fused-ring (bicyclic) bond motifs is 1. The Bertz CT molecular complexity index is 560. The maximum Gasteiger partial charge on any atom is 0.303 e. The number of anilines is 1. The molecule has 0 spiro atoms. The van der Waals surface area contributed by atoms with Crippen LogP contribution in [0.3, 0.4) is 0 Å². The van der Waals surface area contributed by atoms with E-state index in [0.717, 1.165) is 12.2 Å². The number of aliphatic carboxylic acids is 1. The summed E-state index contributed by atoms with van der Waals surface area (Å²) in [5.41, 5.74) is 2.34. The molecular formula is C14H18N2O2. The third-order valence-electron chi connectivity index (χ3n) is 3.17. The lowest BCUT2D eigenvalue weighted by Gasteiger charge is -2.17. The van der Waals surface area contributed by atoms with E-state index in [2.05, 4.69) is 27.8 Å². The SMILES string of the molecule is CN(CCCC(=O)O)c1cn(C)c2ccccc12. The number of para-hydroxylation sites is 1. The molecule has 0 aliphatic rings. The summed E-state index contributed by atoms with van der Waals surface area (Å²) in [5.74, 6) is -0.735. The van der Waals surface area contributed by atoms with Crippen LogP contribution in [0, 0.1) is 0 Å². The van der Waals surface area contributed by atoms with Gasteiger partial charge in [0.2, 0.25) is 0 Å². The number of hydrogen-bond donors (Lipinski definition) is 1. The van der Waals surface area contributed by atoms with Crippen molar-refractivity contribution in [2.45, 2.75) is 12.8 Å². The molecule has 0 saturated heterocycles. The predicted octanol–water partition coefficient (Wildman–Crippen LogP) is 2.48. The molecule has 0 bridgehead atoms. The second-order valence-corrected chi connectivity index (χ2v) is 4.56. The molecule has 0 saturated carbocycles. The average Bonchev–Trinajstić information content (AvgIpc) is 2.67. The van der Waals surface area contributed by atoms with Crippen molar-refractivity contribution in [1.29, 1.82) is 0 Å². The number of rotatable bonds is 5. The summed E-state index contributed by atoms with van der Waals surface area (Å²) in [6, 6.07) is 8.23. The van der Waals surface area contributed by atoms with Crippen LogP contribution in [0.5, 0.6) is 0 Å². The number of aryl methyl sites for hydroxylation is 1. The zero-order valence-corrected chi connectivity index (χ0v) is 10.8. The minimum absolute atomic E-state index is 0.217. The van der Waals surface area contributed by atoms with E-state index in [9.17, 15) is 4.79 Å². The third-order valence-corrected chi connectivity index (χ3v) is 3.17. The fraction of sp³-hybridized carbons (Fsp3) is 0.357. The highest BCUT2D eigenvalue weighted by atomic mass is 16.4. The summed E-state index contributed by atoms with van der Waals surface area (Å²) in [6.07, 6.45) is 2.97. The second kappa shape index (κ2) is 5.12. The first-order chi connectivity index (χ1) is 8.59. The Labute approximate surface area is 106 Å². The summed E-state index contributed by atoms with van der Waals surface area (Å²) in [7, 11) is 4.03. The molecule has 18 heavy (non-hydrogen) atoms. The monoisotopic (exact) mass is 246 g/mol. The Morgan fingerprint density at radius 2 is 2.11 bits per heavy atom. The summed E-state index contributed by atoms with van der Waals surface area (Å²) in [5, 5.41) is 9.86. The van der Waals surface area contributed by atoms with Gasteiger partial charge in [-0.05, 0) is 12.5 Å². The van der Waals surface area contributed by atoms with E-state index in [1.807, 2.05) is 26.2 Å². The van der Waals surface area contributed by atoms with Gasteiger partial charge < -0.3 is 14.6 Å². The molecule has 96 valence electrons. The first-order valence-corrected chi connectivity index (χ1v) is 6.06. The normalized spacial score (nSPS) is 10.8. The summed E-state index contributed by atoms with van der Waals surface area (Å²) < 4.78 is 2.10. The fourth-order valence-electron chi connectivity index (χ4n) is 2.21. The molecule has 4 heteroatoms. The van der Waals surface area contributed by atoms with Crippen molar-refractivity contribution in [3.63, 3.8) is 0 Å². The van der Waals surface area contributed by atoms with Gasteiger partial charge in [-0.25, -0.2) is 0 Å². The van der Waals surface area contributed by atoms with Crippen LogP contribution in [0.4, 0.5) is 5.69 Å². The standard InChI is InChI=1S/C14H18N2O2/c1-15(9-5-8-14(17)18)13-10-16(2)12-7-4-3-6-11(12)13/h3-4,6-7,10H,5,8-9H2,1-2H3,(H,17,18). The maximum absolute atomic E-state index is 10.5. The fourth-order valence-corrected chi connectivity index (χ4v) is 2.21. The van der Waals surface area contributed by atoms with Crippen LogP contribution in [0.1, 0.15) is 12.8 Å². The van der Waals surface area contributed by atoms with Crippen molar-refractivity contribution >= 4 is 22.6 Å². The van der Waals surface area contributed by atoms with Crippen LogP contribution in [-0.4, -0.2) is 29.2 Å². The van der Waals surface area contributed by atoms with Crippen LogP contribution in [0.25, 0.3) is 10.9 Å². The van der Waals surface area contributed by atoms with Gasteiger partial charge in [0.25, 0.3) is 0 Å². The molecule has 1 N–H and O–H groups in total. The molecule has 0 aliphatic heterocycles. The molecule has 2 aromatic rings. The van der Waals surface area contributed by atoms with E-state index < -0.39 is 5.97 Å². The van der Waals surface area contributed by atoms with Crippen molar-refractivity contribution in [2.24, 2.45) is 7.05 Å². The van der Waals surface area contributed by atoms with Gasteiger partial charge in [0.1, 0.15) is 0 Å². The van der Waals surface area contributed by atoms with Crippen molar-refractivity contribution in [2.75, 3.05) is 18.5 Å². The van der Waals surface area contributed by atoms with Gasteiger partial charge >= 0.3 is 5.97 Å². The molecule has 1 aromatic heterocycles. The summed E-state index contributed by atoms with van der Waals surface area (Å²) >= 11 is 0. The second-order valence-electron chi connectivity index (χ2n) is 4.56. The number of benzene rings is 1. The van der Waals surface area contributed by atoms with Crippen molar-refractivity contribution in [1.82, 2.24) is 4.57 Å². The van der Waals surface area contributed by atoms with Crippen molar-refractivity contribution in [3.05, 3.63) is 30.5 Å². The molecule has 0 radical (unpaired) electrons. The molecule has 0 unspecified atom stereocenters. The Morgan fingerprint density at radius 3 is 2.83 bits per heavy atom. The predicted molar refractivity (Wildman–Crippen MR) is 73.1 cm³/mol. The Balaban J connectivity index is 2.17. The highest BCUT2D eigenvalue weighted by Gasteiger charge is 2.10. The van der Waals surface area contributed by atoms with Crippen LogP contribution < -0.4 is 4.90 Å². The largest absolute Gasteiger partial charge is 0.481 e. The van der Waals surface area contributed by atoms with Gasteiger partial charge in [0.05, 0.1) is 5.69 Å². The summed E-state index contributed by atoms with van der Waals surface area (Å²) in [4.78, 5) is 12.6. The minimum Gasteiger partial charge on any atom is -0.481 e. The molecule has 2 rings (SSSR count). The maximum atomic E-state index is 10.5. The van der Waals surface area contributed by atoms with E-state index in [4.69, 9.17) is 5.11 Å². The first kappa shape index (κ1) is 12.5. The lowest BCUT2D eigenvalue weighted by atomic mass is 10.2. The molecule has 0 atom stereocenters. The van der Waals surface area contributed by atoms with Crippen LogP contribution in [-0.2, 0) is 11.8 Å². The van der Waals surface area contributed by atoms with E-state index in [0.29, 0.717) is 6.42 Å². The number of hydrogen-bond acceptors (Lipinski definition) is 2. The Hall–Kier alpha value is -1.97. The molecule has 0 amide bonds. The quantitative estimate of drug-likeness (QED) is 0.881. The molecule has 4 nitrogen and oxygen atoms in total. The topological polar surface area (TPSA) is 45.5 Å².